The summed E-state index contributed by atoms with van der Waals surface area (Å²) in [6.07, 6.45) is 2.80. The minimum Gasteiger partial charge on any atom is -0.279 e. The van der Waals surface area contributed by atoms with Crippen LogP contribution in [0.1, 0.15) is 37.0 Å². The van der Waals surface area contributed by atoms with Crippen LogP contribution in [0.4, 0.5) is 5.69 Å². The lowest BCUT2D eigenvalue weighted by Gasteiger charge is -2.14. The van der Waals surface area contributed by atoms with Gasteiger partial charge in [-0.15, -0.1) is 0 Å². The van der Waals surface area contributed by atoms with E-state index in [0.29, 0.717) is 10.6 Å². The van der Waals surface area contributed by atoms with Gasteiger partial charge in [0, 0.05) is 0 Å². The van der Waals surface area contributed by atoms with E-state index in [0.717, 1.165) is 36.0 Å². The maximum atomic E-state index is 12.6. The molecule has 1 N–H and O–H groups in total. The summed E-state index contributed by atoms with van der Waals surface area (Å²) in [6.45, 7) is 6.05. The van der Waals surface area contributed by atoms with Crippen LogP contribution < -0.4 is 4.72 Å². The number of anilines is 1. The van der Waals surface area contributed by atoms with Gasteiger partial charge in [-0.2, -0.15) is 0 Å². The Labute approximate surface area is 133 Å². The molecule has 0 aliphatic carbocycles. The molecule has 0 aromatic heterocycles. The van der Waals surface area contributed by atoms with E-state index in [1.54, 1.807) is 12.1 Å². The average molecular weight is 317 g/mol. The molecule has 118 valence electrons. The summed E-state index contributed by atoms with van der Waals surface area (Å²) in [5, 5.41) is 0. The predicted octanol–water partition coefficient (Wildman–Crippen LogP) is 4.31. The van der Waals surface area contributed by atoms with Gasteiger partial charge in [-0.05, 0) is 48.6 Å². The zero-order valence-corrected chi connectivity index (χ0v) is 14.2. The SMILES string of the molecule is CCCc1ccc(S(=O)(=O)Nc2c(C)cccc2CC)cc1. The second-order valence-electron chi connectivity index (χ2n) is 5.46. The van der Waals surface area contributed by atoms with E-state index < -0.39 is 10.0 Å². The molecule has 0 aliphatic heterocycles. The van der Waals surface area contributed by atoms with Crippen molar-refractivity contribution in [2.75, 3.05) is 4.72 Å². The van der Waals surface area contributed by atoms with Crippen LogP contribution in [0.2, 0.25) is 0 Å². The van der Waals surface area contributed by atoms with Crippen molar-refractivity contribution in [3.8, 4) is 0 Å². The van der Waals surface area contributed by atoms with E-state index in [1.807, 2.05) is 44.2 Å². The molecule has 0 amide bonds. The highest BCUT2D eigenvalue weighted by Crippen LogP contribution is 2.24. The Balaban J connectivity index is 2.32. The molecule has 0 bridgehead atoms. The van der Waals surface area contributed by atoms with Gasteiger partial charge in [0.05, 0.1) is 10.6 Å². The van der Waals surface area contributed by atoms with E-state index >= 15 is 0 Å². The summed E-state index contributed by atoms with van der Waals surface area (Å²) in [5.74, 6) is 0. The molecule has 0 aliphatic rings. The third-order valence-corrected chi connectivity index (χ3v) is 5.11. The Kier molecular flexibility index (Phi) is 5.24. The highest BCUT2D eigenvalue weighted by molar-refractivity contribution is 7.92. The van der Waals surface area contributed by atoms with Gasteiger partial charge in [-0.3, -0.25) is 4.72 Å². The van der Waals surface area contributed by atoms with Gasteiger partial charge in [0.1, 0.15) is 0 Å². The molecule has 0 radical (unpaired) electrons. The summed E-state index contributed by atoms with van der Waals surface area (Å²) in [5.41, 5.74) is 3.80. The van der Waals surface area contributed by atoms with E-state index in [2.05, 4.69) is 11.6 Å². The largest absolute Gasteiger partial charge is 0.279 e. The predicted molar refractivity (Wildman–Crippen MR) is 91.8 cm³/mol. The van der Waals surface area contributed by atoms with Crippen LogP contribution in [0, 0.1) is 6.92 Å². The standard InChI is InChI=1S/C18H23NO2S/c1-4-7-15-10-12-17(13-11-15)22(20,21)19-18-14(3)8-6-9-16(18)5-2/h6,8-13,19H,4-5,7H2,1-3H3. The van der Waals surface area contributed by atoms with Crippen molar-refractivity contribution in [2.45, 2.75) is 44.9 Å². The lowest BCUT2D eigenvalue weighted by Crippen LogP contribution is -2.15. The maximum Gasteiger partial charge on any atom is 0.261 e. The second-order valence-corrected chi connectivity index (χ2v) is 7.14. The van der Waals surface area contributed by atoms with Crippen LogP contribution in [-0.2, 0) is 22.9 Å². The minimum absolute atomic E-state index is 0.303. The highest BCUT2D eigenvalue weighted by atomic mass is 32.2. The summed E-state index contributed by atoms with van der Waals surface area (Å²) in [4.78, 5) is 0.303. The van der Waals surface area contributed by atoms with E-state index in [1.165, 1.54) is 0 Å². The van der Waals surface area contributed by atoms with Crippen molar-refractivity contribution in [1.29, 1.82) is 0 Å². The summed E-state index contributed by atoms with van der Waals surface area (Å²) < 4.78 is 27.9. The van der Waals surface area contributed by atoms with Crippen molar-refractivity contribution in [1.82, 2.24) is 0 Å². The van der Waals surface area contributed by atoms with E-state index in [4.69, 9.17) is 0 Å². The number of para-hydroxylation sites is 1. The molecule has 22 heavy (non-hydrogen) atoms. The van der Waals surface area contributed by atoms with Crippen LogP contribution in [0.15, 0.2) is 47.4 Å². The molecule has 2 aromatic carbocycles. The zero-order chi connectivity index (χ0) is 16.2. The Morgan fingerprint density at radius 2 is 1.68 bits per heavy atom. The van der Waals surface area contributed by atoms with Gasteiger partial charge < -0.3 is 0 Å². The van der Waals surface area contributed by atoms with Crippen molar-refractivity contribution < 1.29 is 8.42 Å². The van der Waals surface area contributed by atoms with Crippen LogP contribution in [0.5, 0.6) is 0 Å². The van der Waals surface area contributed by atoms with Crippen LogP contribution in [-0.4, -0.2) is 8.42 Å². The molecular weight excluding hydrogens is 294 g/mol. The number of rotatable bonds is 6. The lowest BCUT2D eigenvalue weighted by atomic mass is 10.1. The fourth-order valence-electron chi connectivity index (χ4n) is 2.49. The lowest BCUT2D eigenvalue weighted by molar-refractivity contribution is 0.601. The fourth-order valence-corrected chi connectivity index (χ4v) is 3.66. The van der Waals surface area contributed by atoms with Gasteiger partial charge in [0.25, 0.3) is 10.0 Å². The quantitative estimate of drug-likeness (QED) is 0.863. The first-order valence-corrected chi connectivity index (χ1v) is 9.16. The van der Waals surface area contributed by atoms with Crippen molar-refractivity contribution in [2.24, 2.45) is 0 Å². The third kappa shape index (κ3) is 3.69. The number of sulfonamides is 1. The van der Waals surface area contributed by atoms with Gasteiger partial charge in [0.2, 0.25) is 0 Å². The number of hydrogen-bond acceptors (Lipinski definition) is 2. The van der Waals surface area contributed by atoms with E-state index in [9.17, 15) is 8.42 Å². The molecule has 0 saturated carbocycles. The Morgan fingerprint density at radius 1 is 1.00 bits per heavy atom. The van der Waals surface area contributed by atoms with Gasteiger partial charge in [-0.1, -0.05) is 50.6 Å². The molecular formula is C18H23NO2S. The van der Waals surface area contributed by atoms with Crippen molar-refractivity contribution in [3.63, 3.8) is 0 Å². The smallest absolute Gasteiger partial charge is 0.261 e. The summed E-state index contributed by atoms with van der Waals surface area (Å²) in [7, 11) is -3.55. The van der Waals surface area contributed by atoms with E-state index in [-0.39, 0.29) is 0 Å². The molecule has 2 aromatic rings. The zero-order valence-electron chi connectivity index (χ0n) is 13.4. The number of benzene rings is 2. The molecule has 4 heteroatoms. The fraction of sp³-hybridized carbons (Fsp3) is 0.333. The van der Waals surface area contributed by atoms with Gasteiger partial charge in [-0.25, -0.2) is 8.42 Å². The molecule has 0 unspecified atom stereocenters. The minimum atomic E-state index is -3.55. The average Bonchev–Trinajstić information content (AvgIpc) is 2.50. The molecule has 0 saturated heterocycles. The molecule has 0 spiro atoms. The maximum absolute atomic E-state index is 12.6. The Bertz CT molecular complexity index is 734. The number of nitrogens with one attached hydrogen (secondary N) is 1. The van der Waals surface area contributed by atoms with Gasteiger partial charge >= 0.3 is 0 Å². The van der Waals surface area contributed by atoms with Crippen LogP contribution >= 0.6 is 0 Å². The Hall–Kier alpha value is -1.81. The molecule has 0 atom stereocenters. The number of aryl methyl sites for hydroxylation is 3. The monoisotopic (exact) mass is 317 g/mol. The first-order valence-electron chi connectivity index (χ1n) is 7.68. The molecule has 0 heterocycles. The normalized spacial score (nSPS) is 11.4. The molecule has 2 rings (SSSR count). The first kappa shape index (κ1) is 16.6. The topological polar surface area (TPSA) is 46.2 Å². The van der Waals surface area contributed by atoms with Gasteiger partial charge in [0.15, 0.2) is 0 Å². The molecule has 3 nitrogen and oxygen atoms in total. The summed E-state index contributed by atoms with van der Waals surface area (Å²) >= 11 is 0. The van der Waals surface area contributed by atoms with Crippen LogP contribution in [0.25, 0.3) is 0 Å². The summed E-state index contributed by atoms with van der Waals surface area (Å²) in [6, 6.07) is 12.9. The van der Waals surface area contributed by atoms with Crippen LogP contribution in [0.3, 0.4) is 0 Å². The number of hydrogen-bond donors (Lipinski definition) is 1. The third-order valence-electron chi connectivity index (χ3n) is 3.75. The Morgan fingerprint density at radius 3 is 2.27 bits per heavy atom. The van der Waals surface area contributed by atoms with Crippen molar-refractivity contribution in [3.05, 3.63) is 59.2 Å². The second kappa shape index (κ2) is 6.97. The first-order chi connectivity index (χ1) is 10.5. The molecule has 0 fully saturated rings. The highest BCUT2D eigenvalue weighted by Gasteiger charge is 2.16. The van der Waals surface area contributed by atoms with Crippen molar-refractivity contribution >= 4 is 15.7 Å².